The predicted molar refractivity (Wildman–Crippen MR) is 50.9 cm³/mol. The molecular weight excluding hydrogens is 144 g/mol. The summed E-state index contributed by atoms with van der Waals surface area (Å²) in [5, 5.41) is 0. The molecule has 0 nitrogen and oxygen atoms in total. The van der Waals surface area contributed by atoms with E-state index in [4.69, 9.17) is 0 Å². The molecule has 0 unspecified atom stereocenters. The van der Waals surface area contributed by atoms with E-state index in [1.807, 2.05) is 0 Å². The molecule has 0 bridgehead atoms. The minimum Gasteiger partial charge on any atom is -0.0528 e. The first kappa shape index (κ1) is 7.41. The van der Waals surface area contributed by atoms with Crippen LogP contribution >= 0.6 is 0 Å². The Balaban J connectivity index is 1.54. The molecular formula is C12H20. The van der Waals surface area contributed by atoms with Crippen molar-refractivity contribution in [3.05, 3.63) is 0 Å². The molecule has 0 aromatic heterocycles. The Bertz CT molecular complexity index is 149. The van der Waals surface area contributed by atoms with E-state index in [2.05, 4.69) is 0 Å². The Labute approximate surface area is 75.7 Å². The van der Waals surface area contributed by atoms with E-state index in [1.54, 1.807) is 44.9 Å². The molecule has 0 radical (unpaired) electrons. The van der Waals surface area contributed by atoms with Crippen molar-refractivity contribution in [3.63, 3.8) is 0 Å². The zero-order chi connectivity index (χ0) is 7.97. The molecule has 0 heteroatoms. The van der Waals surface area contributed by atoms with E-state index in [1.165, 1.54) is 24.2 Å². The molecule has 0 heterocycles. The van der Waals surface area contributed by atoms with Gasteiger partial charge in [0.05, 0.1) is 0 Å². The summed E-state index contributed by atoms with van der Waals surface area (Å²) in [6, 6.07) is 0. The number of hydrogen-bond acceptors (Lipinski definition) is 0. The lowest BCUT2D eigenvalue weighted by atomic mass is 9.76. The van der Waals surface area contributed by atoms with Crippen LogP contribution in [0.15, 0.2) is 0 Å². The molecule has 0 saturated heterocycles. The standard InChI is InChI=1S/C12H20/c1-2-9(3-1)8-12(10-4-5-10)11-6-7-11/h9-12H,1-8H2. The van der Waals surface area contributed by atoms with Crippen LogP contribution in [0.1, 0.15) is 51.4 Å². The van der Waals surface area contributed by atoms with Crippen LogP contribution in [0.25, 0.3) is 0 Å². The number of hydrogen-bond donors (Lipinski definition) is 0. The van der Waals surface area contributed by atoms with Gasteiger partial charge in [0.15, 0.2) is 0 Å². The molecule has 68 valence electrons. The smallest absolute Gasteiger partial charge is 0.0355 e. The van der Waals surface area contributed by atoms with Crippen LogP contribution in [0, 0.1) is 23.7 Å². The van der Waals surface area contributed by atoms with E-state index in [-0.39, 0.29) is 0 Å². The lowest BCUT2D eigenvalue weighted by molar-refractivity contribution is 0.219. The zero-order valence-electron chi connectivity index (χ0n) is 7.97. The zero-order valence-corrected chi connectivity index (χ0v) is 7.97. The van der Waals surface area contributed by atoms with Crippen LogP contribution in [0.4, 0.5) is 0 Å². The van der Waals surface area contributed by atoms with Gasteiger partial charge >= 0.3 is 0 Å². The second kappa shape index (κ2) is 2.75. The van der Waals surface area contributed by atoms with Gasteiger partial charge in [0, 0.05) is 0 Å². The molecule has 0 aliphatic heterocycles. The molecule has 12 heavy (non-hydrogen) atoms. The quantitative estimate of drug-likeness (QED) is 0.595. The van der Waals surface area contributed by atoms with Gasteiger partial charge in [0.1, 0.15) is 0 Å². The van der Waals surface area contributed by atoms with Gasteiger partial charge in [-0.15, -0.1) is 0 Å². The second-order valence-electron chi connectivity index (χ2n) is 5.37. The Kier molecular flexibility index (Phi) is 1.70. The summed E-state index contributed by atoms with van der Waals surface area (Å²) in [6.07, 6.45) is 12.6. The van der Waals surface area contributed by atoms with Crippen molar-refractivity contribution in [2.24, 2.45) is 23.7 Å². The first-order valence-corrected chi connectivity index (χ1v) is 5.93. The van der Waals surface area contributed by atoms with Crippen LogP contribution in [0.2, 0.25) is 0 Å². The highest BCUT2D eigenvalue weighted by Gasteiger charge is 2.42. The van der Waals surface area contributed by atoms with Gasteiger partial charge in [-0.05, 0) is 55.8 Å². The van der Waals surface area contributed by atoms with Gasteiger partial charge in [0.25, 0.3) is 0 Å². The van der Waals surface area contributed by atoms with Gasteiger partial charge in [0.2, 0.25) is 0 Å². The van der Waals surface area contributed by atoms with Crippen molar-refractivity contribution in [1.82, 2.24) is 0 Å². The maximum absolute atomic E-state index is 1.62. The van der Waals surface area contributed by atoms with Gasteiger partial charge < -0.3 is 0 Å². The summed E-state index contributed by atoms with van der Waals surface area (Å²) in [5.41, 5.74) is 0. The Morgan fingerprint density at radius 1 is 0.833 bits per heavy atom. The number of rotatable bonds is 4. The van der Waals surface area contributed by atoms with Crippen molar-refractivity contribution in [3.8, 4) is 0 Å². The average Bonchev–Trinajstić information content (AvgIpc) is 2.81. The van der Waals surface area contributed by atoms with Crippen LogP contribution in [-0.2, 0) is 0 Å². The molecule has 0 atom stereocenters. The van der Waals surface area contributed by atoms with Crippen molar-refractivity contribution in [2.45, 2.75) is 51.4 Å². The summed E-state index contributed by atoms with van der Waals surface area (Å²) in [4.78, 5) is 0. The van der Waals surface area contributed by atoms with Crippen LogP contribution < -0.4 is 0 Å². The lowest BCUT2D eigenvalue weighted by Gasteiger charge is -2.29. The van der Waals surface area contributed by atoms with Gasteiger partial charge in [-0.3, -0.25) is 0 Å². The van der Waals surface area contributed by atoms with Crippen LogP contribution in [0.5, 0.6) is 0 Å². The van der Waals surface area contributed by atoms with E-state index in [9.17, 15) is 0 Å². The molecule has 0 aromatic rings. The van der Waals surface area contributed by atoms with E-state index in [0.29, 0.717) is 0 Å². The van der Waals surface area contributed by atoms with Crippen LogP contribution in [-0.4, -0.2) is 0 Å². The summed E-state index contributed by atoms with van der Waals surface area (Å²) < 4.78 is 0. The second-order valence-corrected chi connectivity index (χ2v) is 5.37. The van der Waals surface area contributed by atoms with E-state index >= 15 is 0 Å². The van der Waals surface area contributed by atoms with Gasteiger partial charge in [-0.25, -0.2) is 0 Å². The molecule has 0 N–H and O–H groups in total. The average molecular weight is 164 g/mol. The van der Waals surface area contributed by atoms with Crippen LogP contribution in [0.3, 0.4) is 0 Å². The minimum absolute atomic E-state index is 1.16. The largest absolute Gasteiger partial charge is 0.0528 e. The Hall–Kier alpha value is 0. The maximum Gasteiger partial charge on any atom is -0.0355 e. The molecule has 3 rings (SSSR count). The monoisotopic (exact) mass is 164 g/mol. The highest BCUT2D eigenvalue weighted by molar-refractivity contribution is 4.93. The molecule has 3 saturated carbocycles. The molecule has 0 aromatic carbocycles. The maximum atomic E-state index is 1.62. The fourth-order valence-electron chi connectivity index (χ4n) is 2.93. The summed E-state index contributed by atoms with van der Waals surface area (Å²) >= 11 is 0. The third-order valence-corrected chi connectivity index (χ3v) is 4.29. The summed E-state index contributed by atoms with van der Waals surface area (Å²) in [6.45, 7) is 0. The lowest BCUT2D eigenvalue weighted by Crippen LogP contribution is -2.18. The third-order valence-electron chi connectivity index (χ3n) is 4.29. The summed E-state index contributed by atoms with van der Waals surface area (Å²) in [7, 11) is 0. The van der Waals surface area contributed by atoms with Gasteiger partial charge in [-0.2, -0.15) is 0 Å². The fourth-order valence-corrected chi connectivity index (χ4v) is 2.93. The predicted octanol–water partition coefficient (Wildman–Crippen LogP) is 3.61. The highest BCUT2D eigenvalue weighted by Crippen LogP contribution is 2.53. The molecule has 0 amide bonds. The SMILES string of the molecule is C1CC(CC(C2CC2)C2CC2)C1. The molecule has 3 aliphatic rings. The Morgan fingerprint density at radius 3 is 1.75 bits per heavy atom. The summed E-state index contributed by atoms with van der Waals surface area (Å²) in [5.74, 6) is 4.74. The first-order valence-electron chi connectivity index (χ1n) is 5.93. The highest BCUT2D eigenvalue weighted by atomic mass is 14.5. The van der Waals surface area contributed by atoms with Crippen molar-refractivity contribution in [1.29, 1.82) is 0 Å². The Morgan fingerprint density at radius 2 is 1.42 bits per heavy atom. The molecule has 3 aliphatic carbocycles. The van der Waals surface area contributed by atoms with Gasteiger partial charge in [-0.1, -0.05) is 19.3 Å². The fraction of sp³-hybridized carbons (Fsp3) is 1.00. The topological polar surface area (TPSA) is 0 Å². The normalized spacial score (nSPS) is 30.8. The van der Waals surface area contributed by atoms with Crippen molar-refractivity contribution in [2.75, 3.05) is 0 Å². The van der Waals surface area contributed by atoms with E-state index < -0.39 is 0 Å². The van der Waals surface area contributed by atoms with Crippen molar-refractivity contribution < 1.29 is 0 Å². The third kappa shape index (κ3) is 1.41. The first-order chi connectivity index (χ1) is 5.93. The molecule has 3 fully saturated rings. The minimum atomic E-state index is 1.16. The van der Waals surface area contributed by atoms with E-state index in [0.717, 1.165) is 5.92 Å². The molecule has 0 spiro atoms. The van der Waals surface area contributed by atoms with Crippen molar-refractivity contribution >= 4 is 0 Å².